The van der Waals surface area contributed by atoms with Gasteiger partial charge in [-0.3, -0.25) is 0 Å². The highest BCUT2D eigenvalue weighted by atomic mass is 16.5. The van der Waals surface area contributed by atoms with Gasteiger partial charge in [0, 0.05) is 6.42 Å². The van der Waals surface area contributed by atoms with Crippen LogP contribution in [0.15, 0.2) is 18.2 Å². The van der Waals surface area contributed by atoms with Crippen LogP contribution in [0.5, 0.6) is 11.5 Å². The van der Waals surface area contributed by atoms with Crippen molar-refractivity contribution in [3.8, 4) is 11.5 Å². The fraction of sp³-hybridized carbons (Fsp3) is 0.625. The third-order valence-corrected chi connectivity index (χ3v) is 4.33. The summed E-state index contributed by atoms with van der Waals surface area (Å²) in [7, 11) is 0. The fourth-order valence-corrected chi connectivity index (χ4v) is 3.20. The highest BCUT2D eigenvalue weighted by Gasteiger charge is 2.26. The van der Waals surface area contributed by atoms with E-state index in [0.29, 0.717) is 5.92 Å². The number of rotatable bonds is 2. The predicted molar refractivity (Wildman–Crippen MR) is 76.1 cm³/mol. The van der Waals surface area contributed by atoms with Crippen LogP contribution in [0, 0.1) is 5.92 Å². The molecule has 3 nitrogen and oxygen atoms in total. The van der Waals surface area contributed by atoms with E-state index in [0.717, 1.165) is 50.1 Å². The molecular formula is C16H23NO2. The quantitative estimate of drug-likeness (QED) is 0.888. The molecule has 2 aliphatic rings. The van der Waals surface area contributed by atoms with E-state index in [1.807, 2.05) is 0 Å². The van der Waals surface area contributed by atoms with Gasteiger partial charge in [0.2, 0.25) is 0 Å². The number of benzene rings is 1. The molecule has 0 spiro atoms. The Morgan fingerprint density at radius 1 is 1.21 bits per heavy atom. The second-order valence-electron chi connectivity index (χ2n) is 5.52. The third-order valence-electron chi connectivity index (χ3n) is 4.33. The summed E-state index contributed by atoms with van der Waals surface area (Å²) in [6.07, 6.45) is 3.42. The van der Waals surface area contributed by atoms with Crippen LogP contribution in [-0.4, -0.2) is 26.3 Å². The molecule has 0 amide bonds. The molecule has 1 fully saturated rings. The topological polar surface area (TPSA) is 30.5 Å². The van der Waals surface area contributed by atoms with Crippen LogP contribution in [0.25, 0.3) is 0 Å². The maximum absolute atomic E-state index is 5.81. The van der Waals surface area contributed by atoms with Crippen LogP contribution in [-0.2, 0) is 0 Å². The molecule has 1 saturated heterocycles. The zero-order chi connectivity index (χ0) is 13.1. The smallest absolute Gasteiger partial charge is 0.161 e. The monoisotopic (exact) mass is 261 g/mol. The minimum atomic E-state index is 0.656. The molecule has 2 atom stereocenters. The molecule has 3 heteroatoms. The van der Waals surface area contributed by atoms with Crippen molar-refractivity contribution in [3.63, 3.8) is 0 Å². The van der Waals surface area contributed by atoms with Crippen molar-refractivity contribution in [2.75, 3.05) is 26.3 Å². The number of piperidine rings is 1. The molecule has 0 saturated carbocycles. The summed E-state index contributed by atoms with van der Waals surface area (Å²) in [5.74, 6) is 3.23. The molecule has 3 rings (SSSR count). The van der Waals surface area contributed by atoms with Crippen LogP contribution in [0.3, 0.4) is 0 Å². The van der Waals surface area contributed by atoms with Gasteiger partial charge in [-0.2, -0.15) is 0 Å². The Kier molecular flexibility index (Phi) is 3.92. The summed E-state index contributed by atoms with van der Waals surface area (Å²) in [5.41, 5.74) is 1.41. The fourth-order valence-electron chi connectivity index (χ4n) is 3.20. The zero-order valence-corrected chi connectivity index (χ0v) is 11.7. The lowest BCUT2D eigenvalue weighted by Crippen LogP contribution is -2.35. The summed E-state index contributed by atoms with van der Waals surface area (Å²) in [6.45, 7) is 6.07. The molecule has 0 bridgehead atoms. The van der Waals surface area contributed by atoms with Crippen molar-refractivity contribution in [2.24, 2.45) is 5.92 Å². The van der Waals surface area contributed by atoms with Crippen molar-refractivity contribution in [2.45, 2.75) is 32.1 Å². The number of fused-ring (bicyclic) bond motifs is 1. The van der Waals surface area contributed by atoms with Gasteiger partial charge in [-0.15, -0.1) is 0 Å². The summed E-state index contributed by atoms with van der Waals surface area (Å²) in [6, 6.07) is 6.52. The Labute approximate surface area is 115 Å². The van der Waals surface area contributed by atoms with E-state index in [1.54, 1.807) is 0 Å². The Balaban J connectivity index is 1.86. The summed E-state index contributed by atoms with van der Waals surface area (Å²) in [4.78, 5) is 0. The SMILES string of the molecule is CCC1CNCCC1c1ccc2c(c1)OCCCO2. The Bertz CT molecular complexity index is 433. The molecule has 0 radical (unpaired) electrons. The molecule has 2 heterocycles. The molecule has 0 aliphatic carbocycles. The highest BCUT2D eigenvalue weighted by Crippen LogP contribution is 2.38. The van der Waals surface area contributed by atoms with Crippen molar-refractivity contribution < 1.29 is 9.47 Å². The van der Waals surface area contributed by atoms with E-state index >= 15 is 0 Å². The summed E-state index contributed by atoms with van der Waals surface area (Å²) in [5, 5.41) is 3.50. The van der Waals surface area contributed by atoms with E-state index in [1.165, 1.54) is 18.4 Å². The number of hydrogen-bond donors (Lipinski definition) is 1. The first-order valence-corrected chi connectivity index (χ1v) is 7.48. The van der Waals surface area contributed by atoms with Gasteiger partial charge in [-0.25, -0.2) is 0 Å². The van der Waals surface area contributed by atoms with Crippen LogP contribution in [0.2, 0.25) is 0 Å². The molecule has 0 aromatic heterocycles. The first-order chi connectivity index (χ1) is 9.38. The molecule has 104 valence electrons. The standard InChI is InChI=1S/C16H23NO2/c1-2-12-11-17-7-6-14(12)13-4-5-15-16(10-13)19-9-3-8-18-15/h4-5,10,12,14,17H,2-3,6-9,11H2,1H3. The van der Waals surface area contributed by atoms with Gasteiger partial charge in [-0.05, 0) is 49.0 Å². The first kappa shape index (κ1) is 12.8. The van der Waals surface area contributed by atoms with Crippen molar-refractivity contribution in [3.05, 3.63) is 23.8 Å². The van der Waals surface area contributed by atoms with E-state index in [2.05, 4.69) is 30.4 Å². The average Bonchev–Trinajstić information content (AvgIpc) is 2.71. The van der Waals surface area contributed by atoms with Gasteiger partial charge in [-0.1, -0.05) is 19.4 Å². The van der Waals surface area contributed by atoms with Crippen molar-refractivity contribution >= 4 is 0 Å². The van der Waals surface area contributed by atoms with E-state index in [-0.39, 0.29) is 0 Å². The third kappa shape index (κ3) is 2.71. The van der Waals surface area contributed by atoms with Crippen LogP contribution in [0.1, 0.15) is 37.7 Å². The van der Waals surface area contributed by atoms with Crippen LogP contribution >= 0.6 is 0 Å². The Hall–Kier alpha value is -1.22. The minimum absolute atomic E-state index is 0.656. The van der Waals surface area contributed by atoms with Gasteiger partial charge in [0.05, 0.1) is 13.2 Å². The lowest BCUT2D eigenvalue weighted by molar-refractivity contribution is 0.296. The van der Waals surface area contributed by atoms with Gasteiger partial charge in [0.1, 0.15) is 0 Å². The molecule has 2 aliphatic heterocycles. The van der Waals surface area contributed by atoms with E-state index in [9.17, 15) is 0 Å². The second-order valence-corrected chi connectivity index (χ2v) is 5.52. The van der Waals surface area contributed by atoms with Crippen LogP contribution < -0.4 is 14.8 Å². The molecular weight excluding hydrogens is 238 g/mol. The predicted octanol–water partition coefficient (Wildman–Crippen LogP) is 2.95. The number of ether oxygens (including phenoxy) is 2. The normalized spacial score (nSPS) is 26.8. The van der Waals surface area contributed by atoms with E-state index in [4.69, 9.17) is 9.47 Å². The molecule has 1 aromatic carbocycles. The Morgan fingerprint density at radius 3 is 2.89 bits per heavy atom. The lowest BCUT2D eigenvalue weighted by atomic mass is 9.80. The maximum atomic E-state index is 5.81. The largest absolute Gasteiger partial charge is 0.490 e. The average molecular weight is 261 g/mol. The first-order valence-electron chi connectivity index (χ1n) is 7.48. The summed E-state index contributed by atoms with van der Waals surface area (Å²) >= 11 is 0. The zero-order valence-electron chi connectivity index (χ0n) is 11.7. The Morgan fingerprint density at radius 2 is 2.05 bits per heavy atom. The van der Waals surface area contributed by atoms with Crippen molar-refractivity contribution in [1.82, 2.24) is 5.32 Å². The summed E-state index contributed by atoms with van der Waals surface area (Å²) < 4.78 is 11.5. The number of nitrogens with one attached hydrogen (secondary N) is 1. The molecule has 1 N–H and O–H groups in total. The highest BCUT2D eigenvalue weighted by molar-refractivity contribution is 5.44. The second kappa shape index (κ2) is 5.83. The maximum Gasteiger partial charge on any atom is 0.161 e. The van der Waals surface area contributed by atoms with Gasteiger partial charge in [0.15, 0.2) is 11.5 Å². The number of hydrogen-bond acceptors (Lipinski definition) is 3. The lowest BCUT2D eigenvalue weighted by Gasteiger charge is -2.32. The van der Waals surface area contributed by atoms with Gasteiger partial charge >= 0.3 is 0 Å². The molecule has 19 heavy (non-hydrogen) atoms. The molecule has 1 aromatic rings. The van der Waals surface area contributed by atoms with Crippen molar-refractivity contribution in [1.29, 1.82) is 0 Å². The van der Waals surface area contributed by atoms with Gasteiger partial charge < -0.3 is 14.8 Å². The molecule has 2 unspecified atom stereocenters. The van der Waals surface area contributed by atoms with Crippen LogP contribution in [0.4, 0.5) is 0 Å². The minimum Gasteiger partial charge on any atom is -0.490 e. The van der Waals surface area contributed by atoms with E-state index < -0.39 is 0 Å². The van der Waals surface area contributed by atoms with Gasteiger partial charge in [0.25, 0.3) is 0 Å².